The molecular formula is C13H14ClRu. The number of hydrogen-bond acceptors (Lipinski definition) is 0. The van der Waals surface area contributed by atoms with Crippen molar-refractivity contribution in [2.24, 2.45) is 5.41 Å². The van der Waals surface area contributed by atoms with E-state index < -0.39 is 0 Å². The van der Waals surface area contributed by atoms with Gasteiger partial charge in [-0.3, -0.25) is 0 Å². The Morgan fingerprint density at radius 3 is 2.20 bits per heavy atom. The van der Waals surface area contributed by atoms with Gasteiger partial charge in [0.25, 0.3) is 0 Å². The van der Waals surface area contributed by atoms with Crippen LogP contribution >= 0.6 is 9.69 Å². The van der Waals surface area contributed by atoms with Gasteiger partial charge in [0.15, 0.2) is 0 Å². The van der Waals surface area contributed by atoms with Crippen molar-refractivity contribution in [3.8, 4) is 0 Å². The Hall–Kier alpha value is -0.257. The van der Waals surface area contributed by atoms with E-state index >= 15 is 0 Å². The molecule has 0 amide bonds. The van der Waals surface area contributed by atoms with Crippen molar-refractivity contribution in [3.05, 3.63) is 41.5 Å². The van der Waals surface area contributed by atoms with Crippen LogP contribution in [0.1, 0.15) is 31.9 Å². The normalized spacial score (nSPS) is 18.4. The van der Waals surface area contributed by atoms with Crippen molar-refractivity contribution in [1.29, 1.82) is 0 Å². The van der Waals surface area contributed by atoms with Crippen molar-refractivity contribution in [3.63, 3.8) is 0 Å². The second kappa shape index (κ2) is 3.96. The van der Waals surface area contributed by atoms with Crippen LogP contribution in [-0.2, 0) is 15.7 Å². The molecule has 1 aliphatic carbocycles. The van der Waals surface area contributed by atoms with E-state index in [0.29, 0.717) is 0 Å². The molecule has 0 saturated carbocycles. The van der Waals surface area contributed by atoms with Crippen molar-refractivity contribution >= 4 is 19.4 Å². The Morgan fingerprint density at radius 1 is 1.07 bits per heavy atom. The van der Waals surface area contributed by atoms with Crippen LogP contribution < -0.4 is 0 Å². The predicted molar refractivity (Wildman–Crippen MR) is 63.8 cm³/mol. The second-order valence-electron chi connectivity index (χ2n) is 4.76. The van der Waals surface area contributed by atoms with Gasteiger partial charge in [-0.2, -0.15) is 0 Å². The molecule has 0 fully saturated rings. The summed E-state index contributed by atoms with van der Waals surface area (Å²) in [6.45, 7) is 6.76. The van der Waals surface area contributed by atoms with E-state index in [1.807, 2.05) is 0 Å². The molecule has 0 saturated heterocycles. The molecule has 2 heteroatoms. The van der Waals surface area contributed by atoms with E-state index in [1.165, 1.54) is 20.8 Å². The Labute approximate surface area is 103 Å². The zero-order valence-electron chi connectivity index (χ0n) is 9.12. The molecule has 0 spiro atoms. The Balaban J connectivity index is 2.63. The summed E-state index contributed by atoms with van der Waals surface area (Å²) in [7, 11) is 6.06. The fraction of sp³-hybridized carbons (Fsp3) is 0.308. The molecule has 0 N–H and O–H groups in total. The van der Waals surface area contributed by atoms with Crippen LogP contribution in [0.15, 0.2) is 30.3 Å². The fourth-order valence-electron chi connectivity index (χ4n) is 1.88. The molecule has 0 nitrogen and oxygen atoms in total. The van der Waals surface area contributed by atoms with E-state index in [4.69, 9.17) is 9.69 Å². The van der Waals surface area contributed by atoms with Crippen LogP contribution in [0.3, 0.4) is 0 Å². The maximum atomic E-state index is 6.06. The third kappa shape index (κ3) is 2.01. The average molecular weight is 307 g/mol. The van der Waals surface area contributed by atoms with Crippen molar-refractivity contribution in [1.82, 2.24) is 0 Å². The summed E-state index contributed by atoms with van der Waals surface area (Å²) < 4.78 is 1.34. The zero-order chi connectivity index (χ0) is 11.1. The second-order valence-corrected chi connectivity index (χ2v) is 6.81. The number of fused-ring (bicyclic) bond motifs is 1. The molecule has 15 heavy (non-hydrogen) atoms. The van der Waals surface area contributed by atoms with Gasteiger partial charge in [-0.1, -0.05) is 0 Å². The van der Waals surface area contributed by atoms with Gasteiger partial charge in [-0.05, 0) is 0 Å². The molecule has 1 aliphatic rings. The van der Waals surface area contributed by atoms with Crippen LogP contribution in [0.4, 0.5) is 0 Å². The first-order chi connectivity index (χ1) is 7.04. The number of benzene rings is 1. The molecule has 81 valence electrons. The molecule has 0 heterocycles. The van der Waals surface area contributed by atoms with Crippen LogP contribution in [0.5, 0.6) is 0 Å². The molecule has 0 atom stereocenters. The van der Waals surface area contributed by atoms with Crippen LogP contribution in [0.2, 0.25) is 0 Å². The first-order valence-electron chi connectivity index (χ1n) is 4.97. The fourth-order valence-corrected chi connectivity index (χ4v) is 3.43. The standard InChI is InChI=1S/C13H14.ClH.Ru/c1-13(2,3)12-9-8-10-6-4-5-7-11(10)12;;/h4-7,9H,1-3H3;1H;/q;;+1/p-1. The van der Waals surface area contributed by atoms with Crippen LogP contribution in [0, 0.1) is 5.41 Å². The van der Waals surface area contributed by atoms with Gasteiger partial charge in [-0.15, -0.1) is 0 Å². The number of hydrogen-bond donors (Lipinski definition) is 0. The van der Waals surface area contributed by atoms with E-state index in [0.717, 1.165) is 0 Å². The van der Waals surface area contributed by atoms with Crippen molar-refractivity contribution < 1.29 is 15.7 Å². The quantitative estimate of drug-likeness (QED) is 0.638. The summed E-state index contributed by atoms with van der Waals surface area (Å²) in [5, 5.41) is 0. The Morgan fingerprint density at radius 2 is 1.67 bits per heavy atom. The number of allylic oxidation sites excluding steroid dienone is 2. The van der Waals surface area contributed by atoms with E-state index in [2.05, 4.69) is 51.1 Å². The van der Waals surface area contributed by atoms with Gasteiger partial charge in [-0.25, -0.2) is 0 Å². The maximum absolute atomic E-state index is 6.06. The minimum absolute atomic E-state index is 0.177. The molecule has 0 aliphatic heterocycles. The van der Waals surface area contributed by atoms with Gasteiger partial charge < -0.3 is 0 Å². The molecule has 0 bridgehead atoms. The monoisotopic (exact) mass is 307 g/mol. The summed E-state index contributed by atoms with van der Waals surface area (Å²) in [6, 6.07) is 8.57. The predicted octanol–water partition coefficient (Wildman–Crippen LogP) is 3.89. The Kier molecular flexibility index (Phi) is 2.97. The average Bonchev–Trinajstić information content (AvgIpc) is 2.55. The van der Waals surface area contributed by atoms with E-state index in [9.17, 15) is 0 Å². The number of rotatable bonds is 0. The summed E-state index contributed by atoms with van der Waals surface area (Å²) in [6.07, 6.45) is 2.29. The van der Waals surface area contributed by atoms with E-state index in [-0.39, 0.29) is 21.1 Å². The first kappa shape index (κ1) is 11.2. The summed E-state index contributed by atoms with van der Waals surface area (Å²) >= 11 is -0.177. The first-order valence-corrected chi connectivity index (χ1v) is 8.07. The Bertz CT molecular complexity index is 450. The summed E-state index contributed by atoms with van der Waals surface area (Å²) in [5.41, 5.74) is 4.33. The number of halogens is 1. The van der Waals surface area contributed by atoms with Crippen LogP contribution in [0.25, 0.3) is 5.57 Å². The topological polar surface area (TPSA) is 0 Å². The van der Waals surface area contributed by atoms with Crippen molar-refractivity contribution in [2.45, 2.75) is 20.8 Å². The van der Waals surface area contributed by atoms with Gasteiger partial charge in [0.2, 0.25) is 0 Å². The third-order valence-electron chi connectivity index (χ3n) is 2.62. The molecule has 1 aromatic rings. The molecule has 0 radical (unpaired) electrons. The van der Waals surface area contributed by atoms with Crippen LogP contribution in [-0.4, -0.2) is 4.11 Å². The zero-order valence-corrected chi connectivity index (χ0v) is 11.6. The van der Waals surface area contributed by atoms with Gasteiger partial charge >= 0.3 is 103 Å². The van der Waals surface area contributed by atoms with E-state index in [1.54, 1.807) is 0 Å². The molecule has 0 aromatic heterocycles. The summed E-state index contributed by atoms with van der Waals surface area (Å²) in [5.74, 6) is 0. The van der Waals surface area contributed by atoms with Crippen molar-refractivity contribution in [2.75, 3.05) is 0 Å². The molecule has 0 unspecified atom stereocenters. The molecule has 2 rings (SSSR count). The van der Waals surface area contributed by atoms with Gasteiger partial charge in [0, 0.05) is 0 Å². The van der Waals surface area contributed by atoms with Gasteiger partial charge in [0.05, 0.1) is 0 Å². The third-order valence-corrected chi connectivity index (χ3v) is 4.54. The summed E-state index contributed by atoms with van der Waals surface area (Å²) in [4.78, 5) is 0. The molecule has 1 aromatic carbocycles. The van der Waals surface area contributed by atoms with Gasteiger partial charge in [0.1, 0.15) is 0 Å². The minimum atomic E-state index is -0.177. The molecular weight excluding hydrogens is 293 g/mol. The SMILES string of the molecule is CC(C)(C)C1=C[C](=[Ru][Cl])c2ccccc21.